The molecule has 0 saturated heterocycles. The van der Waals surface area contributed by atoms with Crippen molar-refractivity contribution < 1.29 is 14.8 Å². The van der Waals surface area contributed by atoms with E-state index < -0.39 is 0 Å². The van der Waals surface area contributed by atoms with E-state index in [2.05, 4.69) is 6.58 Å². The molecule has 0 saturated carbocycles. The lowest BCUT2D eigenvalue weighted by Gasteiger charge is -1.96. The van der Waals surface area contributed by atoms with Crippen molar-refractivity contribution in [2.45, 2.75) is 6.92 Å². The second-order valence-electron chi connectivity index (χ2n) is 2.59. The van der Waals surface area contributed by atoms with Gasteiger partial charge < -0.3 is 10.0 Å². The van der Waals surface area contributed by atoms with Crippen LogP contribution in [0.4, 0.5) is 0 Å². The van der Waals surface area contributed by atoms with E-state index in [4.69, 9.17) is 10.0 Å². The van der Waals surface area contributed by atoms with E-state index in [0.29, 0.717) is 11.1 Å². The molecule has 0 aliphatic rings. The van der Waals surface area contributed by atoms with Crippen LogP contribution in [0, 0.1) is 0 Å². The Bertz CT molecular complexity index is 295. The first-order valence-electron chi connectivity index (χ1n) is 3.98. The number of hydrogen-bond donors (Lipinski definition) is 2. The fraction of sp³-hybridized carbons (Fsp3) is 0.100. The molecule has 73 valence electrons. The molecule has 0 spiro atoms. The molecule has 2 N–H and O–H groups in total. The Morgan fingerprint density at radius 1 is 1.29 bits per heavy atom. The Morgan fingerprint density at radius 2 is 1.71 bits per heavy atom. The molecule has 3 nitrogen and oxygen atoms in total. The van der Waals surface area contributed by atoms with E-state index in [0.717, 1.165) is 0 Å². The standard InChI is InChI=1S/C10H10O.BH2O2/c1-8(2)10(11)9-6-4-3-5-7-9;2-1-3/h3-7H,1H2,2H3;2-3H. The average Bonchev–Trinajstić information content (AvgIpc) is 2.19. The number of allylic oxidation sites excluding steroid dienone is 1. The van der Waals surface area contributed by atoms with Gasteiger partial charge in [-0.15, -0.1) is 0 Å². The van der Waals surface area contributed by atoms with Gasteiger partial charge in [0.1, 0.15) is 0 Å². The molecule has 4 heteroatoms. The summed E-state index contributed by atoms with van der Waals surface area (Å²) in [5.74, 6) is 0.0191. The highest BCUT2D eigenvalue weighted by Crippen LogP contribution is 2.04. The van der Waals surface area contributed by atoms with Crippen molar-refractivity contribution in [2.75, 3.05) is 0 Å². The van der Waals surface area contributed by atoms with Crippen LogP contribution in [0.3, 0.4) is 0 Å². The first kappa shape index (κ1) is 12.6. The Balaban J connectivity index is 0.000000500. The second-order valence-corrected chi connectivity index (χ2v) is 2.59. The topological polar surface area (TPSA) is 57.5 Å². The van der Waals surface area contributed by atoms with E-state index in [9.17, 15) is 4.79 Å². The number of benzene rings is 1. The maximum absolute atomic E-state index is 11.2. The van der Waals surface area contributed by atoms with Crippen molar-refractivity contribution in [3.63, 3.8) is 0 Å². The van der Waals surface area contributed by atoms with Crippen LogP contribution in [0.1, 0.15) is 17.3 Å². The smallest absolute Gasteiger partial charge is 0.429 e. The fourth-order valence-electron chi connectivity index (χ4n) is 0.836. The van der Waals surface area contributed by atoms with Crippen LogP contribution in [0.5, 0.6) is 0 Å². The van der Waals surface area contributed by atoms with Crippen molar-refractivity contribution in [1.29, 1.82) is 0 Å². The molecule has 0 fully saturated rings. The van der Waals surface area contributed by atoms with E-state index in [1.165, 1.54) is 0 Å². The Hall–Kier alpha value is -1.39. The van der Waals surface area contributed by atoms with Crippen LogP contribution in [0.25, 0.3) is 0 Å². The van der Waals surface area contributed by atoms with Crippen molar-refractivity contribution in [2.24, 2.45) is 0 Å². The minimum atomic E-state index is 0. The Kier molecular flexibility index (Phi) is 6.36. The molecule has 0 amide bonds. The first-order chi connectivity index (χ1) is 6.63. The van der Waals surface area contributed by atoms with Gasteiger partial charge in [-0.3, -0.25) is 4.79 Å². The number of carbonyl (C=O) groups excluding carboxylic acids is 1. The van der Waals surface area contributed by atoms with Gasteiger partial charge in [0.15, 0.2) is 5.78 Å². The molecular formula is C10H12BO3. The van der Waals surface area contributed by atoms with E-state index >= 15 is 0 Å². The third kappa shape index (κ3) is 4.59. The summed E-state index contributed by atoms with van der Waals surface area (Å²) in [6.07, 6.45) is 0. The highest BCUT2D eigenvalue weighted by molar-refractivity contribution is 6.13. The third-order valence-corrected chi connectivity index (χ3v) is 1.42. The summed E-state index contributed by atoms with van der Waals surface area (Å²) in [6.45, 7) is 5.30. The van der Waals surface area contributed by atoms with Crippen LogP contribution in [0.2, 0.25) is 0 Å². The molecule has 1 aromatic rings. The average molecular weight is 191 g/mol. The summed E-state index contributed by atoms with van der Waals surface area (Å²) < 4.78 is 0. The number of ketones is 1. The summed E-state index contributed by atoms with van der Waals surface area (Å²) in [5, 5.41) is 14.0. The van der Waals surface area contributed by atoms with Gasteiger partial charge in [-0.1, -0.05) is 36.9 Å². The molecule has 1 radical (unpaired) electrons. The molecule has 1 aromatic carbocycles. The summed E-state index contributed by atoms with van der Waals surface area (Å²) in [7, 11) is 0. The summed E-state index contributed by atoms with van der Waals surface area (Å²) in [6, 6.07) is 9.15. The van der Waals surface area contributed by atoms with Crippen LogP contribution >= 0.6 is 0 Å². The third-order valence-electron chi connectivity index (χ3n) is 1.42. The molecule has 0 aliphatic carbocycles. The van der Waals surface area contributed by atoms with Gasteiger partial charge in [-0.2, -0.15) is 0 Å². The molecule has 1 rings (SSSR count). The predicted octanol–water partition coefficient (Wildman–Crippen LogP) is 0.951. The first-order valence-corrected chi connectivity index (χ1v) is 3.98. The van der Waals surface area contributed by atoms with Crippen LogP contribution in [-0.4, -0.2) is 23.5 Å². The lowest BCUT2D eigenvalue weighted by molar-refractivity contribution is 0.103. The van der Waals surface area contributed by atoms with E-state index in [-0.39, 0.29) is 13.5 Å². The molecular weight excluding hydrogens is 179 g/mol. The molecule has 0 atom stereocenters. The van der Waals surface area contributed by atoms with Gasteiger partial charge in [0.05, 0.1) is 0 Å². The number of carbonyl (C=O) groups is 1. The summed E-state index contributed by atoms with van der Waals surface area (Å²) >= 11 is 0. The lowest BCUT2D eigenvalue weighted by atomic mass is 10.1. The maximum atomic E-state index is 11.2. The van der Waals surface area contributed by atoms with Crippen molar-refractivity contribution >= 4 is 13.5 Å². The zero-order valence-corrected chi connectivity index (χ0v) is 7.97. The fourth-order valence-corrected chi connectivity index (χ4v) is 0.836. The van der Waals surface area contributed by atoms with Gasteiger partial charge in [-0.05, 0) is 12.5 Å². The number of hydrogen-bond acceptors (Lipinski definition) is 3. The normalized spacial score (nSPS) is 8.21. The van der Waals surface area contributed by atoms with E-state index in [1.54, 1.807) is 19.1 Å². The SMILES string of the molecule is C=C(C)C(=O)c1ccccc1.O[B]O. The molecule has 0 aromatic heterocycles. The molecule has 0 unspecified atom stereocenters. The van der Waals surface area contributed by atoms with Crippen LogP contribution < -0.4 is 0 Å². The molecule has 0 aliphatic heterocycles. The summed E-state index contributed by atoms with van der Waals surface area (Å²) in [4.78, 5) is 11.2. The number of Topliss-reactive ketones (excluding diaryl/α,β-unsaturated/α-hetero) is 1. The van der Waals surface area contributed by atoms with Gasteiger partial charge in [0.25, 0.3) is 0 Å². The van der Waals surface area contributed by atoms with Gasteiger partial charge >= 0.3 is 7.69 Å². The zero-order chi connectivity index (χ0) is 11.0. The zero-order valence-electron chi connectivity index (χ0n) is 7.97. The molecule has 14 heavy (non-hydrogen) atoms. The van der Waals surface area contributed by atoms with Crippen molar-refractivity contribution in [3.8, 4) is 0 Å². The Morgan fingerprint density at radius 3 is 2.07 bits per heavy atom. The van der Waals surface area contributed by atoms with Crippen molar-refractivity contribution in [3.05, 3.63) is 48.0 Å². The lowest BCUT2D eigenvalue weighted by Crippen LogP contribution is -1.97. The molecule has 0 bridgehead atoms. The largest absolute Gasteiger partial charge is 0.482 e. The van der Waals surface area contributed by atoms with Crippen molar-refractivity contribution in [1.82, 2.24) is 0 Å². The van der Waals surface area contributed by atoms with Gasteiger partial charge in [0, 0.05) is 5.56 Å². The highest BCUT2D eigenvalue weighted by Gasteiger charge is 2.03. The van der Waals surface area contributed by atoms with Crippen LogP contribution in [0.15, 0.2) is 42.5 Å². The number of rotatable bonds is 2. The molecule has 0 heterocycles. The van der Waals surface area contributed by atoms with Gasteiger partial charge in [0.2, 0.25) is 0 Å². The van der Waals surface area contributed by atoms with Gasteiger partial charge in [-0.25, -0.2) is 0 Å². The Labute approximate surface area is 84.0 Å². The minimum Gasteiger partial charge on any atom is -0.429 e. The second kappa shape index (κ2) is 7.06. The quantitative estimate of drug-likeness (QED) is 0.415. The summed E-state index contributed by atoms with van der Waals surface area (Å²) in [5.41, 5.74) is 1.29. The minimum absolute atomic E-state index is 0. The predicted molar refractivity (Wildman–Crippen MR) is 55.8 cm³/mol. The maximum Gasteiger partial charge on any atom is 0.482 e. The van der Waals surface area contributed by atoms with E-state index in [1.807, 2.05) is 18.2 Å². The van der Waals surface area contributed by atoms with Crippen LogP contribution in [-0.2, 0) is 0 Å². The monoisotopic (exact) mass is 191 g/mol. The highest BCUT2D eigenvalue weighted by atomic mass is 16.4.